The lowest BCUT2D eigenvalue weighted by Gasteiger charge is -2.04. The highest BCUT2D eigenvalue weighted by Gasteiger charge is 1.94. The Hall–Kier alpha value is -1.07. The minimum absolute atomic E-state index is 0.543. The third-order valence-corrected chi connectivity index (χ3v) is 1.85. The lowest BCUT2D eigenvalue weighted by atomic mass is 10.5. The average molecular weight is 213 g/mol. The van der Waals surface area contributed by atoms with E-state index in [1.807, 2.05) is 6.20 Å². The van der Waals surface area contributed by atoms with Gasteiger partial charge in [0.25, 0.3) is 0 Å². The molecule has 1 heterocycles. The number of anilines is 1. The minimum atomic E-state index is 0.543. The van der Waals surface area contributed by atoms with E-state index in [9.17, 15) is 0 Å². The van der Waals surface area contributed by atoms with Crippen LogP contribution in [0.1, 0.15) is 13.3 Å². The van der Waals surface area contributed by atoms with Crippen LogP contribution in [0.2, 0.25) is 0 Å². The molecule has 0 aliphatic rings. The molecule has 1 rings (SSSR count). The predicted octanol–water partition coefficient (Wildman–Crippen LogP) is 0.908. The fourth-order valence-electron chi connectivity index (χ4n) is 1.13. The van der Waals surface area contributed by atoms with Gasteiger partial charge in [0.15, 0.2) is 0 Å². The van der Waals surface area contributed by atoms with Crippen molar-refractivity contribution in [2.75, 3.05) is 32.2 Å². The Morgan fingerprint density at radius 1 is 1.27 bits per heavy atom. The van der Waals surface area contributed by atoms with Crippen molar-refractivity contribution >= 4 is 5.82 Å². The highest BCUT2D eigenvalue weighted by Crippen LogP contribution is 1.95. The molecule has 0 aliphatic heterocycles. The quantitative estimate of drug-likeness (QED) is 0.652. The van der Waals surface area contributed by atoms with E-state index in [-0.39, 0.29) is 0 Å². The molecule has 0 unspecified atom stereocenters. The molecule has 0 radical (unpaired) electrons. The summed E-state index contributed by atoms with van der Waals surface area (Å²) in [5.41, 5.74) is 5.47. The number of rotatable bonds is 8. The van der Waals surface area contributed by atoms with Gasteiger partial charge in [-0.15, -0.1) is 0 Å². The molecule has 0 aliphatic carbocycles. The molecule has 15 heavy (non-hydrogen) atoms. The van der Waals surface area contributed by atoms with Gasteiger partial charge >= 0.3 is 0 Å². The van der Waals surface area contributed by atoms with Gasteiger partial charge in [0.1, 0.15) is 5.82 Å². The van der Waals surface area contributed by atoms with E-state index in [4.69, 9.17) is 15.2 Å². The highest BCUT2D eigenvalue weighted by molar-refractivity contribution is 5.23. The van der Waals surface area contributed by atoms with Gasteiger partial charge in [0, 0.05) is 12.8 Å². The van der Waals surface area contributed by atoms with Crippen LogP contribution in [0, 0.1) is 0 Å². The Labute approximate surface area is 90.2 Å². The maximum atomic E-state index is 5.47. The van der Waals surface area contributed by atoms with Crippen LogP contribution in [0.4, 0.5) is 5.82 Å². The first-order chi connectivity index (χ1) is 7.33. The molecule has 0 saturated heterocycles. The molecule has 0 aromatic carbocycles. The minimum Gasteiger partial charge on any atom is -0.382 e. The maximum absolute atomic E-state index is 5.47. The topological polar surface area (TPSA) is 62.3 Å². The molecular formula is C10H19N3O2. The average Bonchev–Trinajstić information content (AvgIpc) is 2.63. The normalized spacial score (nSPS) is 10.7. The second kappa shape index (κ2) is 7.25. The monoisotopic (exact) mass is 213 g/mol. The Kier molecular flexibility index (Phi) is 5.80. The van der Waals surface area contributed by atoms with Crippen molar-refractivity contribution in [2.24, 2.45) is 0 Å². The van der Waals surface area contributed by atoms with E-state index in [0.717, 1.165) is 19.6 Å². The summed E-state index contributed by atoms with van der Waals surface area (Å²) in [6, 6.07) is 1.77. The molecule has 0 atom stereocenters. The molecule has 1 aromatic heterocycles. The van der Waals surface area contributed by atoms with Crippen molar-refractivity contribution in [1.29, 1.82) is 0 Å². The third kappa shape index (κ3) is 5.39. The number of hydrogen-bond donors (Lipinski definition) is 1. The van der Waals surface area contributed by atoms with Gasteiger partial charge in [-0.3, -0.25) is 4.68 Å². The molecule has 5 nitrogen and oxygen atoms in total. The van der Waals surface area contributed by atoms with Gasteiger partial charge in [0.2, 0.25) is 0 Å². The number of nitrogens with two attached hydrogens (primary N) is 1. The molecule has 1 aromatic rings. The summed E-state index contributed by atoms with van der Waals surface area (Å²) in [4.78, 5) is 0. The molecule has 0 spiro atoms. The Morgan fingerprint density at radius 2 is 2.00 bits per heavy atom. The molecule has 0 saturated carbocycles. The second-order valence-corrected chi connectivity index (χ2v) is 3.23. The van der Waals surface area contributed by atoms with Gasteiger partial charge in [0.05, 0.1) is 26.4 Å². The van der Waals surface area contributed by atoms with Crippen LogP contribution in [-0.4, -0.2) is 36.2 Å². The summed E-state index contributed by atoms with van der Waals surface area (Å²) >= 11 is 0. The summed E-state index contributed by atoms with van der Waals surface area (Å²) in [6.07, 6.45) is 2.89. The summed E-state index contributed by atoms with van der Waals surface area (Å²) in [6.45, 7) is 5.55. The fraction of sp³-hybridized carbons (Fsp3) is 0.700. The first-order valence-corrected chi connectivity index (χ1v) is 5.27. The van der Waals surface area contributed by atoms with Crippen molar-refractivity contribution in [1.82, 2.24) is 9.78 Å². The van der Waals surface area contributed by atoms with E-state index >= 15 is 0 Å². The van der Waals surface area contributed by atoms with Gasteiger partial charge in [-0.25, -0.2) is 0 Å². The van der Waals surface area contributed by atoms with Crippen molar-refractivity contribution < 1.29 is 9.47 Å². The standard InChI is InChI=1S/C10H19N3O2/c1-2-6-14-8-9-15-7-5-13-4-3-10(11)12-13/h3-4H,2,5-9H2,1H3,(H2,11,12). The summed E-state index contributed by atoms with van der Waals surface area (Å²) in [7, 11) is 0. The van der Waals surface area contributed by atoms with E-state index in [1.165, 1.54) is 0 Å². The van der Waals surface area contributed by atoms with E-state index in [0.29, 0.717) is 25.6 Å². The molecular weight excluding hydrogens is 194 g/mol. The van der Waals surface area contributed by atoms with Crippen molar-refractivity contribution in [3.05, 3.63) is 12.3 Å². The van der Waals surface area contributed by atoms with Crippen LogP contribution < -0.4 is 5.73 Å². The summed E-state index contributed by atoms with van der Waals surface area (Å²) < 4.78 is 12.4. The zero-order valence-corrected chi connectivity index (χ0v) is 9.19. The highest BCUT2D eigenvalue weighted by atomic mass is 16.5. The lowest BCUT2D eigenvalue weighted by molar-refractivity contribution is 0.0442. The smallest absolute Gasteiger partial charge is 0.145 e. The Bertz CT molecular complexity index is 263. The van der Waals surface area contributed by atoms with Crippen LogP contribution in [0.25, 0.3) is 0 Å². The molecule has 2 N–H and O–H groups in total. The first-order valence-electron chi connectivity index (χ1n) is 5.27. The molecule has 0 amide bonds. The van der Waals surface area contributed by atoms with Gasteiger partial charge in [-0.05, 0) is 12.5 Å². The Morgan fingerprint density at radius 3 is 2.60 bits per heavy atom. The van der Waals surface area contributed by atoms with E-state index in [2.05, 4.69) is 12.0 Å². The summed E-state index contributed by atoms with van der Waals surface area (Å²) in [5.74, 6) is 0.543. The number of ether oxygens (including phenoxy) is 2. The molecule has 5 heteroatoms. The largest absolute Gasteiger partial charge is 0.382 e. The van der Waals surface area contributed by atoms with Gasteiger partial charge in [-0.1, -0.05) is 6.92 Å². The number of aromatic nitrogens is 2. The SMILES string of the molecule is CCCOCCOCCn1ccc(N)n1. The maximum Gasteiger partial charge on any atom is 0.145 e. The molecule has 0 bridgehead atoms. The van der Waals surface area contributed by atoms with Crippen molar-refractivity contribution in [3.8, 4) is 0 Å². The fourth-order valence-corrected chi connectivity index (χ4v) is 1.13. The van der Waals surface area contributed by atoms with Crippen LogP contribution >= 0.6 is 0 Å². The first kappa shape index (κ1) is 12.0. The van der Waals surface area contributed by atoms with Crippen LogP contribution in [0.3, 0.4) is 0 Å². The van der Waals surface area contributed by atoms with Crippen LogP contribution in [0.15, 0.2) is 12.3 Å². The van der Waals surface area contributed by atoms with Gasteiger partial charge in [-0.2, -0.15) is 5.10 Å². The number of nitrogens with zero attached hydrogens (tertiary/aromatic N) is 2. The summed E-state index contributed by atoms with van der Waals surface area (Å²) in [5, 5.41) is 4.04. The lowest BCUT2D eigenvalue weighted by Crippen LogP contribution is -2.10. The molecule has 0 fully saturated rings. The number of nitrogen functional groups attached to an aromatic ring is 1. The molecule has 86 valence electrons. The predicted molar refractivity (Wildman–Crippen MR) is 58.6 cm³/mol. The van der Waals surface area contributed by atoms with Crippen molar-refractivity contribution in [2.45, 2.75) is 19.9 Å². The van der Waals surface area contributed by atoms with Gasteiger partial charge < -0.3 is 15.2 Å². The van der Waals surface area contributed by atoms with E-state index in [1.54, 1.807) is 10.7 Å². The van der Waals surface area contributed by atoms with Crippen LogP contribution in [-0.2, 0) is 16.0 Å². The zero-order valence-electron chi connectivity index (χ0n) is 9.19. The zero-order chi connectivity index (χ0) is 10.9. The number of hydrogen-bond acceptors (Lipinski definition) is 4. The third-order valence-electron chi connectivity index (χ3n) is 1.85. The Balaban J connectivity index is 1.93. The van der Waals surface area contributed by atoms with Crippen LogP contribution in [0.5, 0.6) is 0 Å². The van der Waals surface area contributed by atoms with E-state index < -0.39 is 0 Å². The van der Waals surface area contributed by atoms with Crippen molar-refractivity contribution in [3.63, 3.8) is 0 Å². The second-order valence-electron chi connectivity index (χ2n) is 3.23.